The van der Waals surface area contributed by atoms with E-state index in [-0.39, 0.29) is 28.9 Å². The summed E-state index contributed by atoms with van der Waals surface area (Å²) in [4.78, 5) is 28.6. The zero-order valence-corrected chi connectivity index (χ0v) is 15.5. The molecule has 0 aliphatic heterocycles. The first-order valence-corrected chi connectivity index (χ1v) is 8.79. The van der Waals surface area contributed by atoms with Crippen LogP contribution in [-0.2, 0) is 13.6 Å². The van der Waals surface area contributed by atoms with Crippen LogP contribution < -0.4 is 5.56 Å². The lowest BCUT2D eigenvalue weighted by Crippen LogP contribution is -2.24. The molecule has 0 aliphatic rings. The minimum Gasteiger partial charge on any atom is -0.493 e. The highest BCUT2D eigenvalue weighted by Crippen LogP contribution is 2.21. The molecule has 0 aliphatic carbocycles. The van der Waals surface area contributed by atoms with Gasteiger partial charge in [0.25, 0.3) is 5.56 Å². The van der Waals surface area contributed by atoms with Crippen LogP contribution in [0.25, 0.3) is 0 Å². The van der Waals surface area contributed by atoms with Crippen LogP contribution in [0.3, 0.4) is 0 Å². The molecule has 0 radical (unpaired) electrons. The van der Waals surface area contributed by atoms with Gasteiger partial charge in [0.05, 0.1) is 11.8 Å². The number of hydrogen-bond donors (Lipinski definition) is 1. The summed E-state index contributed by atoms with van der Waals surface area (Å²) < 4.78 is 3.48. The summed E-state index contributed by atoms with van der Waals surface area (Å²) in [6.45, 7) is 8.34. The predicted octanol–water partition coefficient (Wildman–Crippen LogP) is 2.54. The molecule has 2 heterocycles. The van der Waals surface area contributed by atoms with Crippen LogP contribution in [0.5, 0.6) is 5.88 Å². The van der Waals surface area contributed by atoms with Gasteiger partial charge in [-0.25, -0.2) is 0 Å². The molecule has 130 valence electrons. The number of thioether (sulfide) groups is 1. The van der Waals surface area contributed by atoms with Gasteiger partial charge in [0.1, 0.15) is 0 Å². The van der Waals surface area contributed by atoms with Crippen molar-refractivity contribution in [2.45, 2.75) is 39.4 Å². The number of hydrogen-bond acceptors (Lipinski definition) is 5. The maximum absolute atomic E-state index is 12.5. The van der Waals surface area contributed by atoms with Crippen LogP contribution in [0.1, 0.15) is 35.6 Å². The number of carbonyl (C=O) groups is 1. The van der Waals surface area contributed by atoms with Crippen LogP contribution in [-0.4, -0.2) is 30.8 Å². The molecular formula is C17H23N3O3S. The van der Waals surface area contributed by atoms with Gasteiger partial charge in [0.15, 0.2) is 10.9 Å². The number of aromatic hydroxyl groups is 1. The molecule has 0 amide bonds. The third kappa shape index (κ3) is 3.90. The lowest BCUT2D eigenvalue weighted by molar-refractivity contribution is 0.102. The van der Waals surface area contributed by atoms with Crippen molar-refractivity contribution in [1.82, 2.24) is 14.1 Å². The molecule has 2 aromatic rings. The second kappa shape index (κ2) is 7.25. The summed E-state index contributed by atoms with van der Waals surface area (Å²) in [5.74, 6) is 0.0813. The zero-order chi connectivity index (χ0) is 18.0. The van der Waals surface area contributed by atoms with E-state index in [1.54, 1.807) is 0 Å². The summed E-state index contributed by atoms with van der Waals surface area (Å²) in [5.41, 5.74) is 2.31. The van der Waals surface area contributed by atoms with E-state index in [0.717, 1.165) is 17.5 Å². The SMILES string of the molecule is Cc1cc(C(=O)CSc2nc(O)cc(=O)n2CC(C)C)c(C)n1C. The molecule has 0 unspecified atom stereocenters. The second-order valence-electron chi connectivity index (χ2n) is 6.30. The van der Waals surface area contributed by atoms with E-state index in [4.69, 9.17) is 0 Å². The van der Waals surface area contributed by atoms with Crippen LogP contribution in [0, 0.1) is 19.8 Å². The quantitative estimate of drug-likeness (QED) is 0.493. The Balaban J connectivity index is 2.23. The second-order valence-corrected chi connectivity index (χ2v) is 7.24. The Bertz CT molecular complexity index is 821. The molecule has 1 N–H and O–H groups in total. The van der Waals surface area contributed by atoms with Crippen molar-refractivity contribution >= 4 is 17.5 Å². The molecule has 2 aromatic heterocycles. The maximum Gasteiger partial charge on any atom is 0.257 e. The van der Waals surface area contributed by atoms with Crippen molar-refractivity contribution in [3.63, 3.8) is 0 Å². The van der Waals surface area contributed by atoms with Gasteiger partial charge in [-0.15, -0.1) is 0 Å². The molecule has 2 rings (SSSR count). The summed E-state index contributed by atoms with van der Waals surface area (Å²) in [5, 5.41) is 9.96. The summed E-state index contributed by atoms with van der Waals surface area (Å²) in [7, 11) is 1.92. The van der Waals surface area contributed by atoms with Crippen molar-refractivity contribution in [3.8, 4) is 5.88 Å². The van der Waals surface area contributed by atoms with Crippen molar-refractivity contribution in [2.75, 3.05) is 5.75 Å². The van der Waals surface area contributed by atoms with Gasteiger partial charge in [-0.2, -0.15) is 4.98 Å². The minimum atomic E-state index is -0.318. The predicted molar refractivity (Wildman–Crippen MR) is 94.9 cm³/mol. The molecule has 7 heteroatoms. The normalized spacial score (nSPS) is 11.2. The highest BCUT2D eigenvalue weighted by Gasteiger charge is 2.17. The van der Waals surface area contributed by atoms with Crippen molar-refractivity contribution in [1.29, 1.82) is 0 Å². The van der Waals surface area contributed by atoms with Gasteiger partial charge >= 0.3 is 0 Å². The van der Waals surface area contributed by atoms with Crippen molar-refractivity contribution in [2.24, 2.45) is 13.0 Å². The monoisotopic (exact) mass is 349 g/mol. The van der Waals surface area contributed by atoms with Gasteiger partial charge in [-0.05, 0) is 25.8 Å². The van der Waals surface area contributed by atoms with E-state index in [0.29, 0.717) is 17.3 Å². The fraction of sp³-hybridized carbons (Fsp3) is 0.471. The van der Waals surface area contributed by atoms with Gasteiger partial charge < -0.3 is 9.67 Å². The smallest absolute Gasteiger partial charge is 0.257 e. The fourth-order valence-electron chi connectivity index (χ4n) is 2.46. The van der Waals surface area contributed by atoms with E-state index >= 15 is 0 Å². The summed E-state index contributed by atoms with van der Waals surface area (Å²) >= 11 is 1.18. The number of Topliss-reactive ketones (excluding diaryl/α,β-unsaturated/α-hetero) is 1. The Morgan fingerprint density at radius 3 is 2.54 bits per heavy atom. The topological polar surface area (TPSA) is 77.1 Å². The Kier molecular flexibility index (Phi) is 5.54. The molecule has 0 bridgehead atoms. The lowest BCUT2D eigenvalue weighted by atomic mass is 10.2. The van der Waals surface area contributed by atoms with Gasteiger partial charge in [-0.3, -0.25) is 14.2 Å². The number of nitrogens with zero attached hydrogens (tertiary/aromatic N) is 3. The lowest BCUT2D eigenvalue weighted by Gasteiger charge is -2.13. The maximum atomic E-state index is 12.5. The molecule has 0 aromatic carbocycles. The number of rotatable bonds is 6. The largest absolute Gasteiger partial charge is 0.493 e. The van der Waals surface area contributed by atoms with Crippen molar-refractivity contribution in [3.05, 3.63) is 39.4 Å². The number of ketones is 1. The molecule has 0 spiro atoms. The number of carbonyl (C=O) groups excluding carboxylic acids is 1. The summed E-state index contributed by atoms with van der Waals surface area (Å²) in [6.07, 6.45) is 0. The van der Waals surface area contributed by atoms with Crippen LogP contribution in [0.15, 0.2) is 22.1 Å². The fourth-order valence-corrected chi connectivity index (χ4v) is 3.36. The molecule has 24 heavy (non-hydrogen) atoms. The third-order valence-electron chi connectivity index (χ3n) is 3.92. The average Bonchev–Trinajstić information content (AvgIpc) is 2.75. The molecule has 6 nitrogen and oxygen atoms in total. The van der Waals surface area contributed by atoms with E-state index in [2.05, 4.69) is 4.98 Å². The Morgan fingerprint density at radius 2 is 2.00 bits per heavy atom. The van der Waals surface area contributed by atoms with Gasteiger partial charge in [-0.1, -0.05) is 25.6 Å². The standard InChI is InChI=1S/C17H23N3O3S/c1-10(2)8-20-16(23)7-15(22)18-17(20)24-9-14(21)13-6-11(3)19(5)12(13)4/h6-7,10,22H,8-9H2,1-5H3. The first-order chi connectivity index (χ1) is 11.2. The van der Waals surface area contributed by atoms with E-state index in [1.807, 2.05) is 45.4 Å². The molecular weight excluding hydrogens is 326 g/mol. The van der Waals surface area contributed by atoms with E-state index in [1.165, 1.54) is 16.3 Å². The third-order valence-corrected chi connectivity index (χ3v) is 4.89. The zero-order valence-electron chi connectivity index (χ0n) is 14.7. The number of aryl methyl sites for hydroxylation is 1. The first-order valence-electron chi connectivity index (χ1n) is 7.80. The minimum absolute atomic E-state index is 0.0186. The molecule has 0 saturated heterocycles. The Morgan fingerprint density at radius 1 is 1.33 bits per heavy atom. The van der Waals surface area contributed by atoms with Crippen LogP contribution in [0.2, 0.25) is 0 Å². The summed E-state index contributed by atoms with van der Waals surface area (Å²) in [6, 6.07) is 2.97. The van der Waals surface area contributed by atoms with Gasteiger partial charge in [0, 0.05) is 30.5 Å². The first kappa shape index (κ1) is 18.3. The van der Waals surface area contributed by atoms with Crippen LogP contribution in [0.4, 0.5) is 0 Å². The highest BCUT2D eigenvalue weighted by molar-refractivity contribution is 7.99. The highest BCUT2D eigenvalue weighted by atomic mass is 32.2. The van der Waals surface area contributed by atoms with E-state index in [9.17, 15) is 14.7 Å². The molecule has 0 fully saturated rings. The molecule has 0 atom stereocenters. The molecule has 0 saturated carbocycles. The van der Waals surface area contributed by atoms with E-state index < -0.39 is 0 Å². The van der Waals surface area contributed by atoms with Gasteiger partial charge in [0.2, 0.25) is 5.88 Å². The van der Waals surface area contributed by atoms with Crippen LogP contribution >= 0.6 is 11.8 Å². The Labute approximate surface area is 145 Å². The average molecular weight is 349 g/mol. The Hall–Kier alpha value is -2.02. The number of aromatic nitrogens is 3. The van der Waals surface area contributed by atoms with Crippen molar-refractivity contribution < 1.29 is 9.90 Å².